The van der Waals surface area contributed by atoms with E-state index in [1.807, 2.05) is 50.2 Å². The maximum atomic E-state index is 12.1. The molecule has 0 fully saturated rings. The zero-order chi connectivity index (χ0) is 16.2. The van der Waals surface area contributed by atoms with E-state index < -0.39 is 0 Å². The van der Waals surface area contributed by atoms with Gasteiger partial charge in [-0.05, 0) is 31.5 Å². The summed E-state index contributed by atoms with van der Waals surface area (Å²) in [4.78, 5) is 17.6. The lowest BCUT2D eigenvalue weighted by atomic mass is 10.1. The summed E-state index contributed by atoms with van der Waals surface area (Å²) in [6.07, 6.45) is 2.03. The minimum atomic E-state index is 0.0150. The molecule has 4 nitrogen and oxygen atoms in total. The average molecular weight is 326 g/mol. The lowest BCUT2D eigenvalue weighted by Crippen LogP contribution is -2.24. The third-order valence-electron chi connectivity index (χ3n) is 3.56. The van der Waals surface area contributed by atoms with Crippen LogP contribution < -0.4 is 5.32 Å². The van der Waals surface area contributed by atoms with Crippen LogP contribution in [0, 0.1) is 13.8 Å². The molecule has 0 unspecified atom stereocenters. The third-order valence-corrected chi connectivity index (χ3v) is 4.73. The highest BCUT2D eigenvalue weighted by Gasteiger charge is 2.12. The van der Waals surface area contributed by atoms with Crippen molar-refractivity contribution in [1.29, 1.82) is 0 Å². The quantitative estimate of drug-likeness (QED) is 0.774. The Labute approximate surface area is 139 Å². The van der Waals surface area contributed by atoms with Gasteiger partial charge in [-0.25, -0.2) is 4.98 Å². The van der Waals surface area contributed by atoms with Gasteiger partial charge in [-0.15, -0.1) is 11.3 Å². The van der Waals surface area contributed by atoms with E-state index in [2.05, 4.69) is 10.3 Å². The maximum Gasteiger partial charge on any atom is 0.224 e. The molecule has 0 aliphatic carbocycles. The molecule has 0 bridgehead atoms. The molecule has 0 radical (unpaired) electrons. The molecule has 3 rings (SSSR count). The number of rotatable bonds is 5. The van der Waals surface area contributed by atoms with Crippen LogP contribution in [0.5, 0.6) is 0 Å². The highest BCUT2D eigenvalue weighted by molar-refractivity contribution is 7.15. The molecule has 0 saturated heterocycles. The lowest BCUT2D eigenvalue weighted by molar-refractivity contribution is -0.120. The van der Waals surface area contributed by atoms with Gasteiger partial charge in [-0.3, -0.25) is 4.79 Å². The molecule has 3 aromatic rings. The van der Waals surface area contributed by atoms with E-state index in [1.165, 1.54) is 5.56 Å². The topological polar surface area (TPSA) is 55.1 Å². The zero-order valence-electron chi connectivity index (χ0n) is 13.1. The van der Waals surface area contributed by atoms with Gasteiger partial charge in [0, 0.05) is 4.88 Å². The minimum absolute atomic E-state index is 0.0150. The van der Waals surface area contributed by atoms with Crippen molar-refractivity contribution in [3.05, 3.63) is 64.4 Å². The van der Waals surface area contributed by atoms with E-state index in [0.29, 0.717) is 13.0 Å². The number of thiazole rings is 1. The van der Waals surface area contributed by atoms with E-state index in [-0.39, 0.29) is 5.91 Å². The van der Waals surface area contributed by atoms with Crippen LogP contribution in [0.3, 0.4) is 0 Å². The molecule has 0 saturated carbocycles. The van der Waals surface area contributed by atoms with Gasteiger partial charge in [0.1, 0.15) is 0 Å². The Balaban J connectivity index is 1.59. The van der Waals surface area contributed by atoms with E-state index in [4.69, 9.17) is 4.42 Å². The Bertz CT molecular complexity index is 789. The van der Waals surface area contributed by atoms with Crippen molar-refractivity contribution in [3.63, 3.8) is 0 Å². The summed E-state index contributed by atoms with van der Waals surface area (Å²) in [5, 5.41) is 3.81. The van der Waals surface area contributed by atoms with Gasteiger partial charge in [0.25, 0.3) is 0 Å². The average Bonchev–Trinajstić information content (AvgIpc) is 3.17. The fourth-order valence-electron chi connectivity index (χ4n) is 2.23. The Morgan fingerprint density at radius 3 is 2.70 bits per heavy atom. The molecule has 2 aromatic heterocycles. The third kappa shape index (κ3) is 3.87. The van der Waals surface area contributed by atoms with Crippen LogP contribution in [0.15, 0.2) is 47.1 Å². The van der Waals surface area contributed by atoms with Gasteiger partial charge in [-0.2, -0.15) is 0 Å². The highest BCUT2D eigenvalue weighted by Crippen LogP contribution is 2.28. The number of hydrogen-bond donors (Lipinski definition) is 1. The second-order valence-electron chi connectivity index (χ2n) is 5.44. The minimum Gasteiger partial charge on any atom is -0.462 e. The normalized spacial score (nSPS) is 10.7. The predicted octanol–water partition coefficient (Wildman–Crippen LogP) is 3.88. The van der Waals surface area contributed by atoms with Gasteiger partial charge in [0.15, 0.2) is 10.8 Å². The molecule has 0 aliphatic rings. The van der Waals surface area contributed by atoms with Crippen LogP contribution in [0.25, 0.3) is 10.8 Å². The standard InChI is InChI=1S/C18H18N2O2S/c1-12-5-7-14(8-6-12)10-17(21)19-11-16-13(2)20-18(23-16)15-4-3-9-22-15/h3-9H,10-11H2,1-2H3,(H,19,21). The molecule has 1 aromatic carbocycles. The summed E-state index contributed by atoms with van der Waals surface area (Å²) in [6, 6.07) is 11.7. The summed E-state index contributed by atoms with van der Waals surface area (Å²) in [5.41, 5.74) is 3.14. The Morgan fingerprint density at radius 1 is 1.22 bits per heavy atom. The number of nitrogens with one attached hydrogen (secondary N) is 1. The number of nitrogens with zero attached hydrogens (tertiary/aromatic N) is 1. The fourth-order valence-corrected chi connectivity index (χ4v) is 3.20. The van der Waals surface area contributed by atoms with Crippen LogP contribution in [0.4, 0.5) is 0 Å². The fraction of sp³-hybridized carbons (Fsp3) is 0.222. The molecular formula is C18H18N2O2S. The van der Waals surface area contributed by atoms with E-state index >= 15 is 0 Å². The number of furan rings is 1. The van der Waals surface area contributed by atoms with Crippen LogP contribution in [0.2, 0.25) is 0 Å². The monoisotopic (exact) mass is 326 g/mol. The zero-order valence-corrected chi connectivity index (χ0v) is 13.9. The Hall–Kier alpha value is -2.40. The van der Waals surface area contributed by atoms with Crippen molar-refractivity contribution < 1.29 is 9.21 Å². The maximum absolute atomic E-state index is 12.1. The molecular weight excluding hydrogens is 308 g/mol. The van der Waals surface area contributed by atoms with E-state index in [1.54, 1.807) is 17.6 Å². The summed E-state index contributed by atoms with van der Waals surface area (Å²) in [7, 11) is 0. The molecule has 2 heterocycles. The van der Waals surface area contributed by atoms with Crippen molar-refractivity contribution in [2.75, 3.05) is 0 Å². The predicted molar refractivity (Wildman–Crippen MR) is 91.3 cm³/mol. The van der Waals surface area contributed by atoms with Crippen LogP contribution >= 0.6 is 11.3 Å². The number of carbonyl (C=O) groups is 1. The summed E-state index contributed by atoms with van der Waals surface area (Å²) >= 11 is 1.55. The summed E-state index contributed by atoms with van der Waals surface area (Å²) in [5.74, 6) is 0.775. The van der Waals surface area contributed by atoms with E-state index in [9.17, 15) is 4.79 Å². The number of hydrogen-bond acceptors (Lipinski definition) is 4. The van der Waals surface area contributed by atoms with Crippen LogP contribution in [-0.2, 0) is 17.8 Å². The number of amides is 1. The number of aromatic nitrogens is 1. The molecule has 1 N–H and O–H groups in total. The second-order valence-corrected chi connectivity index (χ2v) is 6.53. The largest absolute Gasteiger partial charge is 0.462 e. The SMILES string of the molecule is Cc1ccc(CC(=O)NCc2sc(-c3ccco3)nc2C)cc1. The first-order valence-electron chi connectivity index (χ1n) is 7.44. The van der Waals surface area contributed by atoms with Gasteiger partial charge in [-0.1, -0.05) is 29.8 Å². The Kier molecular flexibility index (Phi) is 4.57. The van der Waals surface area contributed by atoms with Gasteiger partial charge in [0.05, 0.1) is 24.9 Å². The Morgan fingerprint density at radius 2 is 2.00 bits per heavy atom. The number of carbonyl (C=O) groups excluding carboxylic acids is 1. The van der Waals surface area contributed by atoms with Crippen molar-refractivity contribution in [3.8, 4) is 10.8 Å². The molecule has 1 amide bonds. The molecule has 118 valence electrons. The lowest BCUT2D eigenvalue weighted by Gasteiger charge is -2.04. The summed E-state index contributed by atoms with van der Waals surface area (Å²) in [6.45, 7) is 4.48. The van der Waals surface area contributed by atoms with Gasteiger partial charge < -0.3 is 9.73 Å². The molecule has 0 spiro atoms. The first kappa shape index (κ1) is 15.5. The molecule has 23 heavy (non-hydrogen) atoms. The second kappa shape index (κ2) is 6.79. The van der Waals surface area contributed by atoms with Crippen LogP contribution in [0.1, 0.15) is 21.7 Å². The molecule has 0 atom stereocenters. The van der Waals surface area contributed by atoms with Crippen molar-refractivity contribution in [2.24, 2.45) is 0 Å². The number of benzene rings is 1. The number of aryl methyl sites for hydroxylation is 2. The van der Waals surface area contributed by atoms with Crippen molar-refractivity contribution >= 4 is 17.2 Å². The first-order chi connectivity index (χ1) is 11.1. The molecule has 0 aliphatic heterocycles. The van der Waals surface area contributed by atoms with Gasteiger partial charge >= 0.3 is 0 Å². The molecule has 5 heteroatoms. The van der Waals surface area contributed by atoms with Crippen molar-refractivity contribution in [2.45, 2.75) is 26.8 Å². The highest BCUT2D eigenvalue weighted by atomic mass is 32.1. The summed E-state index contributed by atoms with van der Waals surface area (Å²) < 4.78 is 5.36. The smallest absolute Gasteiger partial charge is 0.224 e. The van der Waals surface area contributed by atoms with Crippen molar-refractivity contribution in [1.82, 2.24) is 10.3 Å². The van der Waals surface area contributed by atoms with Gasteiger partial charge in [0.2, 0.25) is 5.91 Å². The first-order valence-corrected chi connectivity index (χ1v) is 8.26. The van der Waals surface area contributed by atoms with Crippen LogP contribution in [-0.4, -0.2) is 10.9 Å². The van der Waals surface area contributed by atoms with E-state index in [0.717, 1.165) is 26.9 Å².